The van der Waals surface area contributed by atoms with E-state index in [2.05, 4.69) is 14.8 Å². The van der Waals surface area contributed by atoms with Crippen molar-refractivity contribution in [1.29, 1.82) is 0 Å². The molecule has 0 aliphatic heterocycles. The summed E-state index contributed by atoms with van der Waals surface area (Å²) in [6.07, 6.45) is 2.95. The van der Waals surface area contributed by atoms with Gasteiger partial charge in [-0.3, -0.25) is 4.68 Å². The molecule has 0 bridgehead atoms. The predicted octanol–water partition coefficient (Wildman–Crippen LogP) is 0.257. The minimum absolute atomic E-state index is 0.263. The number of aromatic nitrogens is 3. The molecule has 0 unspecified atom stereocenters. The second kappa shape index (κ2) is 5.07. The Bertz CT molecular complexity index is 551. The Morgan fingerprint density at radius 1 is 1.24 bits per heavy atom. The number of hydrogen-bond donors (Lipinski definition) is 1. The summed E-state index contributed by atoms with van der Waals surface area (Å²) in [5.41, 5.74) is 0. The van der Waals surface area contributed by atoms with Gasteiger partial charge in [-0.25, -0.2) is 18.1 Å². The van der Waals surface area contributed by atoms with Crippen molar-refractivity contribution in [3.8, 4) is 0 Å². The lowest BCUT2D eigenvalue weighted by Gasteiger charge is -2.06. The van der Waals surface area contributed by atoms with Gasteiger partial charge < -0.3 is 0 Å². The van der Waals surface area contributed by atoms with E-state index >= 15 is 0 Å². The van der Waals surface area contributed by atoms with Crippen molar-refractivity contribution in [2.24, 2.45) is 0 Å². The Kier molecular flexibility index (Phi) is 3.50. The Morgan fingerprint density at radius 2 is 2.00 bits per heavy atom. The Morgan fingerprint density at radius 3 is 2.65 bits per heavy atom. The highest BCUT2D eigenvalue weighted by Gasteiger charge is 2.11. The minimum Gasteiger partial charge on any atom is -0.252 e. The van der Waals surface area contributed by atoms with Gasteiger partial charge in [-0.15, -0.1) is 0 Å². The Hall–Kier alpha value is -1.73. The van der Waals surface area contributed by atoms with Gasteiger partial charge in [0.1, 0.15) is 12.7 Å². The molecule has 0 aliphatic rings. The van der Waals surface area contributed by atoms with E-state index in [1.807, 2.05) is 0 Å². The van der Waals surface area contributed by atoms with E-state index in [1.54, 1.807) is 35.0 Å². The van der Waals surface area contributed by atoms with Gasteiger partial charge in [0.05, 0.1) is 11.4 Å². The van der Waals surface area contributed by atoms with Crippen LogP contribution >= 0.6 is 0 Å². The second-order valence-electron chi connectivity index (χ2n) is 3.37. The van der Waals surface area contributed by atoms with Gasteiger partial charge in [0.2, 0.25) is 10.0 Å². The molecule has 0 spiro atoms. The van der Waals surface area contributed by atoms with E-state index in [9.17, 15) is 8.42 Å². The molecule has 2 rings (SSSR count). The molecule has 0 saturated carbocycles. The molecule has 0 amide bonds. The fourth-order valence-electron chi connectivity index (χ4n) is 1.33. The van der Waals surface area contributed by atoms with Gasteiger partial charge in [-0.1, -0.05) is 18.2 Å². The van der Waals surface area contributed by atoms with Crippen molar-refractivity contribution in [3.63, 3.8) is 0 Å². The molecule has 17 heavy (non-hydrogen) atoms. The maximum atomic E-state index is 11.8. The summed E-state index contributed by atoms with van der Waals surface area (Å²) < 4.78 is 27.7. The van der Waals surface area contributed by atoms with Gasteiger partial charge in [-0.05, 0) is 12.1 Å². The number of nitrogens with zero attached hydrogens (tertiary/aromatic N) is 3. The molecule has 0 radical (unpaired) electrons. The van der Waals surface area contributed by atoms with Gasteiger partial charge in [0.15, 0.2) is 0 Å². The first-order valence-electron chi connectivity index (χ1n) is 5.05. The second-order valence-corrected chi connectivity index (χ2v) is 5.14. The van der Waals surface area contributed by atoms with Crippen molar-refractivity contribution < 1.29 is 8.42 Å². The predicted molar refractivity (Wildman–Crippen MR) is 61.7 cm³/mol. The zero-order valence-electron chi connectivity index (χ0n) is 9.02. The van der Waals surface area contributed by atoms with E-state index in [0.29, 0.717) is 6.54 Å². The highest BCUT2D eigenvalue weighted by Crippen LogP contribution is 2.06. The molecule has 1 aromatic carbocycles. The summed E-state index contributed by atoms with van der Waals surface area (Å²) >= 11 is 0. The standard InChI is InChI=1S/C10H12N4O2S/c15-17(16,10-4-2-1-3-5-10)13-6-7-14-9-11-8-12-14/h1-5,8-9,13H,6-7H2. The van der Waals surface area contributed by atoms with Crippen LogP contribution in [-0.2, 0) is 16.6 Å². The first-order valence-corrected chi connectivity index (χ1v) is 6.54. The molecule has 0 saturated heterocycles. The third-order valence-electron chi connectivity index (χ3n) is 2.15. The number of hydrogen-bond acceptors (Lipinski definition) is 4. The highest BCUT2D eigenvalue weighted by atomic mass is 32.2. The molecule has 2 aromatic rings. The van der Waals surface area contributed by atoms with E-state index in [0.717, 1.165) is 0 Å². The van der Waals surface area contributed by atoms with Crippen molar-refractivity contribution in [3.05, 3.63) is 43.0 Å². The maximum absolute atomic E-state index is 11.8. The largest absolute Gasteiger partial charge is 0.252 e. The van der Waals surface area contributed by atoms with E-state index in [1.165, 1.54) is 12.7 Å². The van der Waals surface area contributed by atoms with Crippen molar-refractivity contribution >= 4 is 10.0 Å². The average molecular weight is 252 g/mol. The van der Waals surface area contributed by atoms with Crippen LogP contribution in [0.5, 0.6) is 0 Å². The SMILES string of the molecule is O=S(=O)(NCCn1cncn1)c1ccccc1. The van der Waals surface area contributed by atoms with Crippen LogP contribution < -0.4 is 4.72 Å². The summed E-state index contributed by atoms with van der Waals surface area (Å²) in [4.78, 5) is 4.03. The molecule has 7 heteroatoms. The third-order valence-corrected chi connectivity index (χ3v) is 3.63. The zero-order valence-corrected chi connectivity index (χ0v) is 9.84. The quantitative estimate of drug-likeness (QED) is 0.828. The van der Waals surface area contributed by atoms with E-state index < -0.39 is 10.0 Å². The molecule has 6 nitrogen and oxygen atoms in total. The zero-order chi connectivity index (χ0) is 12.1. The Labute approximate surface area is 99.4 Å². The molecule has 1 heterocycles. The third kappa shape index (κ3) is 3.11. The Balaban J connectivity index is 1.95. The molecule has 0 fully saturated rings. The lowest BCUT2D eigenvalue weighted by molar-refractivity contribution is 0.560. The fourth-order valence-corrected chi connectivity index (χ4v) is 2.37. The number of sulfonamides is 1. The van der Waals surface area contributed by atoms with Crippen molar-refractivity contribution in [2.45, 2.75) is 11.4 Å². The van der Waals surface area contributed by atoms with Crippen LogP contribution in [0.4, 0.5) is 0 Å². The van der Waals surface area contributed by atoms with E-state index in [-0.39, 0.29) is 11.4 Å². The number of nitrogens with one attached hydrogen (secondary N) is 1. The van der Waals surface area contributed by atoms with Crippen LogP contribution in [0.15, 0.2) is 47.9 Å². The number of benzene rings is 1. The van der Waals surface area contributed by atoms with Crippen LogP contribution in [0.3, 0.4) is 0 Å². The summed E-state index contributed by atoms with van der Waals surface area (Å²) in [7, 11) is -3.43. The molecule has 0 aliphatic carbocycles. The van der Waals surface area contributed by atoms with Crippen LogP contribution in [-0.4, -0.2) is 29.7 Å². The summed E-state index contributed by atoms with van der Waals surface area (Å²) in [5.74, 6) is 0. The minimum atomic E-state index is -3.43. The molecular formula is C10H12N4O2S. The molecule has 1 aromatic heterocycles. The monoisotopic (exact) mass is 252 g/mol. The van der Waals surface area contributed by atoms with Crippen LogP contribution in [0.25, 0.3) is 0 Å². The summed E-state index contributed by atoms with van der Waals surface area (Å²) in [5, 5.41) is 3.88. The summed E-state index contributed by atoms with van der Waals surface area (Å²) in [6, 6.07) is 8.25. The topological polar surface area (TPSA) is 76.9 Å². The average Bonchev–Trinajstić information content (AvgIpc) is 2.83. The van der Waals surface area contributed by atoms with Gasteiger partial charge >= 0.3 is 0 Å². The summed E-state index contributed by atoms with van der Waals surface area (Å²) in [6.45, 7) is 0.729. The van der Waals surface area contributed by atoms with Gasteiger partial charge in [0, 0.05) is 6.54 Å². The first kappa shape index (κ1) is 11.7. The lowest BCUT2D eigenvalue weighted by atomic mass is 10.4. The molecule has 90 valence electrons. The van der Waals surface area contributed by atoms with Crippen molar-refractivity contribution in [1.82, 2.24) is 19.5 Å². The molecule has 1 N–H and O–H groups in total. The molecular weight excluding hydrogens is 240 g/mol. The lowest BCUT2D eigenvalue weighted by Crippen LogP contribution is -2.27. The van der Waals surface area contributed by atoms with Crippen LogP contribution in [0, 0.1) is 0 Å². The maximum Gasteiger partial charge on any atom is 0.240 e. The first-order chi connectivity index (χ1) is 8.18. The van der Waals surface area contributed by atoms with Crippen molar-refractivity contribution in [2.75, 3.05) is 6.54 Å². The smallest absolute Gasteiger partial charge is 0.240 e. The van der Waals surface area contributed by atoms with Gasteiger partial charge in [0.25, 0.3) is 0 Å². The normalized spacial score (nSPS) is 11.5. The van der Waals surface area contributed by atoms with Crippen LogP contribution in [0.2, 0.25) is 0 Å². The van der Waals surface area contributed by atoms with E-state index in [4.69, 9.17) is 0 Å². The highest BCUT2D eigenvalue weighted by molar-refractivity contribution is 7.89. The van der Waals surface area contributed by atoms with Crippen LogP contribution in [0.1, 0.15) is 0 Å². The fraction of sp³-hybridized carbons (Fsp3) is 0.200. The number of rotatable bonds is 5. The van der Waals surface area contributed by atoms with Gasteiger partial charge in [-0.2, -0.15) is 5.10 Å². The molecule has 0 atom stereocenters.